The zero-order chi connectivity index (χ0) is 12.0. The average Bonchev–Trinajstić information content (AvgIpc) is 2.97. The summed E-state index contributed by atoms with van der Waals surface area (Å²) >= 11 is 0. The molecule has 1 saturated carbocycles. The number of benzene rings is 1. The van der Waals surface area contributed by atoms with Crippen molar-refractivity contribution in [1.29, 1.82) is 0 Å². The van der Waals surface area contributed by atoms with Crippen LogP contribution in [0.5, 0.6) is 0 Å². The highest BCUT2D eigenvalue weighted by Crippen LogP contribution is 2.59. The van der Waals surface area contributed by atoms with Crippen LogP contribution >= 0.6 is 0 Å². The summed E-state index contributed by atoms with van der Waals surface area (Å²) in [6.07, 6.45) is -4.43. The minimum Gasteiger partial charge on any atom is -0.478 e. The SMILES string of the molecule is O=C(O)c1ccccc1C1(C(F)(F)F)CC1. The van der Waals surface area contributed by atoms with Crippen molar-refractivity contribution in [2.45, 2.75) is 24.4 Å². The van der Waals surface area contributed by atoms with E-state index in [0.29, 0.717) is 0 Å². The van der Waals surface area contributed by atoms with Crippen LogP contribution in [-0.4, -0.2) is 17.3 Å². The predicted molar refractivity (Wildman–Crippen MR) is 50.4 cm³/mol. The summed E-state index contributed by atoms with van der Waals surface area (Å²) in [5.41, 5.74) is -2.30. The maximum Gasteiger partial charge on any atom is 0.398 e. The van der Waals surface area contributed by atoms with Crippen molar-refractivity contribution < 1.29 is 23.1 Å². The fraction of sp³-hybridized carbons (Fsp3) is 0.364. The van der Waals surface area contributed by atoms with Crippen LogP contribution in [0.25, 0.3) is 0 Å². The van der Waals surface area contributed by atoms with Gasteiger partial charge in [-0.05, 0) is 24.5 Å². The van der Waals surface area contributed by atoms with Crippen LogP contribution in [0.4, 0.5) is 13.2 Å². The van der Waals surface area contributed by atoms with Crippen LogP contribution in [0.15, 0.2) is 24.3 Å². The Balaban J connectivity index is 2.53. The summed E-state index contributed by atoms with van der Waals surface area (Å²) in [6, 6.07) is 5.33. The monoisotopic (exact) mass is 230 g/mol. The van der Waals surface area contributed by atoms with Gasteiger partial charge in [0.05, 0.1) is 11.0 Å². The van der Waals surface area contributed by atoms with Crippen molar-refractivity contribution in [3.63, 3.8) is 0 Å². The first-order valence-electron chi connectivity index (χ1n) is 4.78. The molecule has 1 N–H and O–H groups in total. The summed E-state index contributed by atoms with van der Waals surface area (Å²) in [7, 11) is 0. The maximum absolute atomic E-state index is 12.8. The number of hydrogen-bond acceptors (Lipinski definition) is 1. The van der Waals surface area contributed by atoms with Crippen LogP contribution in [0, 0.1) is 0 Å². The fourth-order valence-corrected chi connectivity index (χ4v) is 1.92. The van der Waals surface area contributed by atoms with Crippen LogP contribution < -0.4 is 0 Å². The van der Waals surface area contributed by atoms with E-state index in [1.54, 1.807) is 0 Å². The molecule has 0 spiro atoms. The number of rotatable bonds is 2. The van der Waals surface area contributed by atoms with Gasteiger partial charge in [0.25, 0.3) is 0 Å². The van der Waals surface area contributed by atoms with Gasteiger partial charge >= 0.3 is 12.1 Å². The van der Waals surface area contributed by atoms with E-state index in [1.165, 1.54) is 24.3 Å². The van der Waals surface area contributed by atoms with Crippen molar-refractivity contribution in [2.24, 2.45) is 0 Å². The van der Waals surface area contributed by atoms with Crippen LogP contribution in [0.3, 0.4) is 0 Å². The lowest BCUT2D eigenvalue weighted by molar-refractivity contribution is -0.160. The van der Waals surface area contributed by atoms with Gasteiger partial charge in [0.1, 0.15) is 0 Å². The Bertz CT molecular complexity index is 433. The first-order chi connectivity index (χ1) is 7.38. The molecule has 1 aromatic carbocycles. The standard InChI is InChI=1S/C11H9F3O2/c12-11(13,14)10(5-6-10)8-4-2-1-3-7(8)9(15)16/h1-4H,5-6H2,(H,15,16). The molecule has 5 heteroatoms. The van der Waals surface area contributed by atoms with E-state index in [2.05, 4.69) is 0 Å². The summed E-state index contributed by atoms with van der Waals surface area (Å²) in [5, 5.41) is 8.86. The molecule has 1 aliphatic carbocycles. The van der Waals surface area contributed by atoms with E-state index in [-0.39, 0.29) is 24.0 Å². The number of carboxylic acid groups (broad SMARTS) is 1. The third kappa shape index (κ3) is 1.47. The highest BCUT2D eigenvalue weighted by molar-refractivity contribution is 5.90. The molecule has 0 heterocycles. The van der Waals surface area contributed by atoms with Crippen LogP contribution in [0.1, 0.15) is 28.8 Å². The van der Waals surface area contributed by atoms with Crippen molar-refractivity contribution in [3.8, 4) is 0 Å². The topological polar surface area (TPSA) is 37.3 Å². The number of carbonyl (C=O) groups is 1. The zero-order valence-corrected chi connectivity index (χ0v) is 8.21. The van der Waals surface area contributed by atoms with Crippen molar-refractivity contribution in [2.75, 3.05) is 0 Å². The third-order valence-electron chi connectivity index (χ3n) is 2.97. The number of halogens is 3. The molecule has 0 saturated heterocycles. The molecule has 16 heavy (non-hydrogen) atoms. The molecule has 1 aromatic rings. The van der Waals surface area contributed by atoms with Crippen molar-refractivity contribution in [3.05, 3.63) is 35.4 Å². The quantitative estimate of drug-likeness (QED) is 0.847. The van der Waals surface area contributed by atoms with E-state index >= 15 is 0 Å². The molecular weight excluding hydrogens is 221 g/mol. The molecule has 0 amide bonds. The lowest BCUT2D eigenvalue weighted by Gasteiger charge is -2.21. The smallest absolute Gasteiger partial charge is 0.398 e. The minimum atomic E-state index is -4.38. The Hall–Kier alpha value is -1.52. The summed E-state index contributed by atoms with van der Waals surface area (Å²) in [6.45, 7) is 0. The van der Waals surface area contributed by atoms with Gasteiger partial charge in [-0.15, -0.1) is 0 Å². The van der Waals surface area contributed by atoms with Crippen LogP contribution in [0.2, 0.25) is 0 Å². The fourth-order valence-electron chi connectivity index (χ4n) is 1.92. The van der Waals surface area contributed by atoms with Gasteiger partial charge in [0.2, 0.25) is 0 Å². The summed E-state index contributed by atoms with van der Waals surface area (Å²) in [4.78, 5) is 10.9. The Morgan fingerprint density at radius 3 is 2.25 bits per heavy atom. The molecule has 0 unspecified atom stereocenters. The van der Waals surface area contributed by atoms with E-state index < -0.39 is 17.6 Å². The zero-order valence-electron chi connectivity index (χ0n) is 8.21. The normalized spacial score (nSPS) is 18.2. The molecule has 0 aliphatic heterocycles. The lowest BCUT2D eigenvalue weighted by atomic mass is 9.91. The first kappa shape index (κ1) is 11.0. The molecular formula is C11H9F3O2. The molecule has 1 aliphatic rings. The molecule has 86 valence electrons. The van der Waals surface area contributed by atoms with Gasteiger partial charge in [-0.25, -0.2) is 4.79 Å². The van der Waals surface area contributed by atoms with E-state index in [4.69, 9.17) is 5.11 Å². The second-order valence-corrected chi connectivity index (χ2v) is 3.93. The van der Waals surface area contributed by atoms with Gasteiger partial charge in [-0.2, -0.15) is 13.2 Å². The van der Waals surface area contributed by atoms with Gasteiger partial charge < -0.3 is 5.11 Å². The molecule has 2 nitrogen and oxygen atoms in total. The average molecular weight is 230 g/mol. The van der Waals surface area contributed by atoms with E-state index in [0.717, 1.165) is 0 Å². The molecule has 0 atom stereocenters. The number of alkyl halides is 3. The Morgan fingerprint density at radius 2 is 1.81 bits per heavy atom. The predicted octanol–water partition coefficient (Wildman–Crippen LogP) is 2.98. The highest BCUT2D eigenvalue weighted by Gasteiger charge is 2.65. The summed E-state index contributed by atoms with van der Waals surface area (Å²) in [5.74, 6) is -1.31. The van der Waals surface area contributed by atoms with Gasteiger partial charge in [-0.3, -0.25) is 0 Å². The third-order valence-corrected chi connectivity index (χ3v) is 2.97. The number of aromatic carboxylic acids is 1. The van der Waals surface area contributed by atoms with Crippen molar-refractivity contribution in [1.82, 2.24) is 0 Å². The van der Waals surface area contributed by atoms with Crippen LogP contribution in [-0.2, 0) is 5.41 Å². The highest BCUT2D eigenvalue weighted by atomic mass is 19.4. The first-order valence-corrected chi connectivity index (χ1v) is 4.78. The molecule has 0 bridgehead atoms. The number of hydrogen-bond donors (Lipinski definition) is 1. The molecule has 1 fully saturated rings. The second kappa shape index (κ2) is 3.23. The Morgan fingerprint density at radius 1 is 1.25 bits per heavy atom. The number of carboxylic acids is 1. The maximum atomic E-state index is 12.8. The van der Waals surface area contributed by atoms with Gasteiger partial charge in [0.15, 0.2) is 0 Å². The van der Waals surface area contributed by atoms with E-state index in [9.17, 15) is 18.0 Å². The molecule has 0 aromatic heterocycles. The molecule has 0 radical (unpaired) electrons. The molecule has 2 rings (SSSR count). The lowest BCUT2D eigenvalue weighted by Crippen LogP contribution is -2.30. The largest absolute Gasteiger partial charge is 0.478 e. The second-order valence-electron chi connectivity index (χ2n) is 3.93. The minimum absolute atomic E-state index is 0.0270. The Kier molecular flexibility index (Phi) is 2.22. The summed E-state index contributed by atoms with van der Waals surface area (Å²) < 4.78 is 38.5. The van der Waals surface area contributed by atoms with Gasteiger partial charge in [-0.1, -0.05) is 18.2 Å². The van der Waals surface area contributed by atoms with Crippen molar-refractivity contribution >= 4 is 5.97 Å². The Labute approximate surface area is 89.7 Å². The van der Waals surface area contributed by atoms with Gasteiger partial charge in [0, 0.05) is 0 Å². The van der Waals surface area contributed by atoms with E-state index in [1.807, 2.05) is 0 Å².